The summed E-state index contributed by atoms with van der Waals surface area (Å²) in [5.41, 5.74) is 0.917. The average Bonchev–Trinajstić information content (AvgIpc) is 2.56. The van der Waals surface area contributed by atoms with Crippen LogP contribution in [-0.2, 0) is 20.9 Å². The molecule has 1 aromatic heterocycles. The van der Waals surface area contributed by atoms with Gasteiger partial charge in [0.15, 0.2) is 0 Å². The van der Waals surface area contributed by atoms with Gasteiger partial charge in [0.05, 0.1) is 0 Å². The van der Waals surface area contributed by atoms with Crippen LogP contribution in [-0.4, -0.2) is 60.1 Å². The highest BCUT2D eigenvalue weighted by molar-refractivity contribution is 5.85. The van der Waals surface area contributed by atoms with Gasteiger partial charge in [0, 0.05) is 44.1 Å². The van der Waals surface area contributed by atoms with E-state index in [2.05, 4.69) is 22.5 Å². The van der Waals surface area contributed by atoms with Crippen LogP contribution in [0, 0.1) is 0 Å². The summed E-state index contributed by atoms with van der Waals surface area (Å²) in [6, 6.07) is 4.08. The molecule has 25 heavy (non-hydrogen) atoms. The zero-order valence-corrected chi connectivity index (χ0v) is 16.1. The number of carbonyl (C=O) groups is 2. The summed E-state index contributed by atoms with van der Waals surface area (Å²) in [7, 11) is 0. The molecule has 0 saturated carbocycles. The molecule has 1 aromatic rings. The molecule has 2 amide bonds. The molecule has 0 aliphatic carbocycles. The monoisotopic (exact) mass is 392 g/mol. The first-order valence-electron chi connectivity index (χ1n) is 7.84. The van der Waals surface area contributed by atoms with Gasteiger partial charge in [0.1, 0.15) is 13.2 Å². The van der Waals surface area contributed by atoms with Crippen LogP contribution in [0.15, 0.2) is 24.5 Å². The molecule has 142 valence electrons. The van der Waals surface area contributed by atoms with Crippen LogP contribution >= 0.6 is 24.8 Å². The van der Waals surface area contributed by atoms with Gasteiger partial charge in [-0.2, -0.15) is 0 Å². The van der Waals surface area contributed by atoms with Crippen LogP contribution in [0.4, 0.5) is 0 Å². The highest BCUT2D eigenvalue weighted by Gasteiger charge is 2.27. The molecule has 0 radical (unpaired) electrons. The van der Waals surface area contributed by atoms with Crippen LogP contribution in [0.25, 0.3) is 0 Å². The molecule has 2 heterocycles. The molecule has 9 heteroatoms. The minimum Gasteiger partial charge on any atom is -0.362 e. The van der Waals surface area contributed by atoms with Gasteiger partial charge in [-0.15, -0.1) is 24.8 Å². The third kappa shape index (κ3) is 7.56. The molecule has 1 fully saturated rings. The molecule has 2 rings (SSSR count). The Hall–Kier alpha value is -1.41. The van der Waals surface area contributed by atoms with Crippen molar-refractivity contribution in [3.63, 3.8) is 0 Å². The Morgan fingerprint density at radius 2 is 2.12 bits per heavy atom. The lowest BCUT2D eigenvalue weighted by Crippen LogP contribution is -2.57. The summed E-state index contributed by atoms with van der Waals surface area (Å²) < 4.78 is 5.24. The second-order valence-corrected chi connectivity index (χ2v) is 5.70. The molecule has 2 unspecified atom stereocenters. The van der Waals surface area contributed by atoms with E-state index in [9.17, 15) is 9.59 Å². The number of hydrogen-bond donors (Lipinski definition) is 2. The number of ether oxygens (including phenoxy) is 1. The second-order valence-electron chi connectivity index (χ2n) is 5.70. The van der Waals surface area contributed by atoms with Gasteiger partial charge in [-0.05, 0) is 25.5 Å². The van der Waals surface area contributed by atoms with E-state index in [0.717, 1.165) is 12.1 Å². The minimum absolute atomic E-state index is 0. The van der Waals surface area contributed by atoms with Gasteiger partial charge >= 0.3 is 0 Å². The quantitative estimate of drug-likeness (QED) is 0.746. The van der Waals surface area contributed by atoms with Crippen molar-refractivity contribution in [3.8, 4) is 0 Å². The maximum Gasteiger partial charge on any atom is 0.248 e. The Morgan fingerprint density at radius 3 is 2.80 bits per heavy atom. The zero-order chi connectivity index (χ0) is 16.7. The largest absolute Gasteiger partial charge is 0.362 e. The van der Waals surface area contributed by atoms with Crippen molar-refractivity contribution >= 4 is 36.6 Å². The fourth-order valence-electron chi connectivity index (χ4n) is 2.48. The number of nitrogens with zero attached hydrogens (tertiary/aromatic N) is 2. The van der Waals surface area contributed by atoms with Crippen LogP contribution in [0.1, 0.15) is 19.4 Å². The molecule has 0 spiro atoms. The number of amides is 2. The predicted octanol–water partition coefficient (Wildman–Crippen LogP) is 0.767. The number of halogens is 2. The molecule has 7 nitrogen and oxygen atoms in total. The van der Waals surface area contributed by atoms with Gasteiger partial charge in [-0.3, -0.25) is 14.6 Å². The van der Waals surface area contributed by atoms with Crippen molar-refractivity contribution in [2.75, 3.05) is 26.3 Å². The van der Waals surface area contributed by atoms with Gasteiger partial charge in [0.25, 0.3) is 0 Å². The van der Waals surface area contributed by atoms with E-state index in [1.807, 2.05) is 19.1 Å². The van der Waals surface area contributed by atoms with Crippen molar-refractivity contribution in [1.82, 2.24) is 20.5 Å². The number of carbonyl (C=O) groups excluding carboxylic acids is 2. The highest BCUT2D eigenvalue weighted by Crippen LogP contribution is 2.09. The summed E-state index contributed by atoms with van der Waals surface area (Å²) >= 11 is 0. The summed E-state index contributed by atoms with van der Waals surface area (Å²) in [6.45, 7) is 5.71. The number of nitrogens with one attached hydrogen (secondary N) is 2. The Kier molecular flexibility index (Phi) is 11.3. The topological polar surface area (TPSA) is 83.6 Å². The third-order valence-electron chi connectivity index (χ3n) is 4.03. The molecule has 1 saturated heterocycles. The van der Waals surface area contributed by atoms with E-state index in [0.29, 0.717) is 13.1 Å². The Bertz CT molecular complexity index is 533. The lowest BCUT2D eigenvalue weighted by atomic mass is 10.1. The molecule has 0 bridgehead atoms. The number of aromatic nitrogens is 1. The van der Waals surface area contributed by atoms with Crippen LogP contribution < -0.4 is 10.6 Å². The molecule has 1 aliphatic rings. The van der Waals surface area contributed by atoms with Crippen LogP contribution in [0.3, 0.4) is 0 Å². The number of pyridine rings is 1. The van der Waals surface area contributed by atoms with Crippen LogP contribution in [0.5, 0.6) is 0 Å². The predicted molar refractivity (Wildman–Crippen MR) is 100 cm³/mol. The van der Waals surface area contributed by atoms with Crippen molar-refractivity contribution in [3.05, 3.63) is 30.1 Å². The fourth-order valence-corrected chi connectivity index (χ4v) is 2.48. The Labute approximate surface area is 160 Å². The number of piperazine rings is 1. The van der Waals surface area contributed by atoms with Gasteiger partial charge in [-0.25, -0.2) is 0 Å². The van der Waals surface area contributed by atoms with E-state index in [1.54, 1.807) is 17.3 Å². The molecular weight excluding hydrogens is 367 g/mol. The number of rotatable bonds is 6. The normalized spacial score (nSPS) is 19.4. The van der Waals surface area contributed by atoms with Crippen molar-refractivity contribution in [2.45, 2.75) is 32.5 Å². The van der Waals surface area contributed by atoms with Crippen LogP contribution in [0.2, 0.25) is 0 Å². The average molecular weight is 393 g/mol. The van der Waals surface area contributed by atoms with Gasteiger partial charge < -0.3 is 20.3 Å². The minimum atomic E-state index is -0.247. The highest BCUT2D eigenvalue weighted by atomic mass is 35.5. The summed E-state index contributed by atoms with van der Waals surface area (Å²) in [6.07, 6.45) is 3.37. The summed E-state index contributed by atoms with van der Waals surface area (Å²) in [5.74, 6) is -0.325. The van der Waals surface area contributed by atoms with Gasteiger partial charge in [-0.1, -0.05) is 6.07 Å². The first-order chi connectivity index (χ1) is 11.1. The smallest absolute Gasteiger partial charge is 0.248 e. The lowest BCUT2D eigenvalue weighted by Gasteiger charge is -2.38. The van der Waals surface area contributed by atoms with E-state index < -0.39 is 0 Å². The maximum absolute atomic E-state index is 12.1. The lowest BCUT2D eigenvalue weighted by molar-refractivity contribution is -0.141. The van der Waals surface area contributed by atoms with Gasteiger partial charge in [0.2, 0.25) is 11.8 Å². The molecule has 2 atom stereocenters. The maximum atomic E-state index is 12.1. The fraction of sp³-hybridized carbons (Fsp3) is 0.562. The van der Waals surface area contributed by atoms with E-state index in [4.69, 9.17) is 4.74 Å². The number of hydrogen-bond acceptors (Lipinski definition) is 5. The zero-order valence-electron chi connectivity index (χ0n) is 14.4. The Balaban J connectivity index is 0.00000288. The second kappa shape index (κ2) is 12.0. The standard InChI is InChI=1S/C16H24N4O3.2ClH/c1-12-13(2)20(7-6-18-12)16(22)11-23-10-15(21)19-9-14-4-3-5-17-8-14;;/h3-5,8,12-13,18H,6-7,9-11H2,1-2H3,(H,19,21);2*1H. The third-order valence-corrected chi connectivity index (χ3v) is 4.03. The SMILES string of the molecule is CC1NCCN(C(=O)COCC(=O)NCc2cccnc2)C1C.Cl.Cl. The van der Waals surface area contributed by atoms with E-state index in [-0.39, 0.29) is 61.9 Å². The van der Waals surface area contributed by atoms with E-state index in [1.165, 1.54) is 0 Å². The van der Waals surface area contributed by atoms with E-state index >= 15 is 0 Å². The molecule has 2 N–H and O–H groups in total. The Morgan fingerprint density at radius 1 is 1.36 bits per heavy atom. The summed E-state index contributed by atoms with van der Waals surface area (Å²) in [4.78, 5) is 29.6. The van der Waals surface area contributed by atoms with Crippen molar-refractivity contribution in [2.24, 2.45) is 0 Å². The van der Waals surface area contributed by atoms with Crippen molar-refractivity contribution in [1.29, 1.82) is 0 Å². The molecule has 0 aromatic carbocycles. The molecule has 1 aliphatic heterocycles. The van der Waals surface area contributed by atoms with Crippen molar-refractivity contribution < 1.29 is 14.3 Å². The first kappa shape index (κ1) is 23.6. The summed E-state index contributed by atoms with van der Waals surface area (Å²) in [5, 5.41) is 6.05. The molecular formula is C16H26Cl2N4O3. The first-order valence-corrected chi connectivity index (χ1v) is 7.84.